The van der Waals surface area contributed by atoms with Gasteiger partial charge in [0.25, 0.3) is 8.32 Å². The van der Waals surface area contributed by atoms with Crippen molar-refractivity contribution < 1.29 is 18.7 Å². The Hall–Kier alpha value is -2.37. The van der Waals surface area contributed by atoms with Gasteiger partial charge in [-0.15, -0.1) is 0 Å². The zero-order valence-electron chi connectivity index (χ0n) is 19.4. The molecular formula is C26H34O4Si. The molecule has 1 aliphatic rings. The van der Waals surface area contributed by atoms with E-state index >= 15 is 0 Å². The third kappa shape index (κ3) is 4.63. The molecule has 0 radical (unpaired) electrons. The zero-order chi connectivity index (χ0) is 22.6. The monoisotopic (exact) mass is 438 g/mol. The van der Waals surface area contributed by atoms with Crippen LogP contribution in [0.1, 0.15) is 41.5 Å². The lowest BCUT2D eigenvalue weighted by atomic mass is 9.91. The highest BCUT2D eigenvalue weighted by molar-refractivity contribution is 6.99. The SMILES string of the molecule is C/C=C1\OC(=O)O[C@H]([C@@H](C)CO[Si](c2ccccc2)(c2ccccc2)C(C)(C)C)[C@H]1C. The molecule has 1 aliphatic heterocycles. The Kier molecular flexibility index (Phi) is 7.07. The Labute approximate surface area is 187 Å². The normalized spacial score (nSPS) is 22.0. The Morgan fingerprint density at radius 3 is 2.00 bits per heavy atom. The fourth-order valence-corrected chi connectivity index (χ4v) is 9.30. The van der Waals surface area contributed by atoms with Crippen molar-refractivity contribution in [2.75, 3.05) is 6.61 Å². The summed E-state index contributed by atoms with van der Waals surface area (Å²) in [6, 6.07) is 21.2. The van der Waals surface area contributed by atoms with Gasteiger partial charge in [-0.2, -0.15) is 0 Å². The van der Waals surface area contributed by atoms with Crippen molar-refractivity contribution in [1.82, 2.24) is 0 Å². The second-order valence-electron chi connectivity index (χ2n) is 9.37. The van der Waals surface area contributed by atoms with Crippen molar-refractivity contribution in [2.24, 2.45) is 11.8 Å². The largest absolute Gasteiger partial charge is 0.513 e. The van der Waals surface area contributed by atoms with Gasteiger partial charge in [-0.25, -0.2) is 4.79 Å². The van der Waals surface area contributed by atoms with Gasteiger partial charge in [-0.05, 0) is 28.4 Å². The fraction of sp³-hybridized carbons (Fsp3) is 0.423. The molecular weight excluding hydrogens is 404 g/mol. The van der Waals surface area contributed by atoms with Crippen LogP contribution in [-0.4, -0.2) is 27.2 Å². The third-order valence-corrected chi connectivity index (χ3v) is 11.2. The highest BCUT2D eigenvalue weighted by Crippen LogP contribution is 2.38. The van der Waals surface area contributed by atoms with Crippen LogP contribution in [0.15, 0.2) is 72.5 Å². The fourth-order valence-electron chi connectivity index (χ4n) is 4.63. The van der Waals surface area contributed by atoms with Crippen LogP contribution >= 0.6 is 0 Å². The van der Waals surface area contributed by atoms with Crippen molar-refractivity contribution in [3.63, 3.8) is 0 Å². The van der Waals surface area contributed by atoms with E-state index in [1.165, 1.54) is 10.4 Å². The van der Waals surface area contributed by atoms with E-state index in [0.717, 1.165) is 0 Å². The van der Waals surface area contributed by atoms with E-state index in [0.29, 0.717) is 12.4 Å². The molecule has 0 aliphatic carbocycles. The van der Waals surface area contributed by atoms with Crippen molar-refractivity contribution in [3.8, 4) is 0 Å². The molecule has 0 bridgehead atoms. The number of cyclic esters (lactones) is 2. The molecule has 2 aromatic rings. The van der Waals surface area contributed by atoms with Crippen molar-refractivity contribution in [2.45, 2.75) is 52.7 Å². The summed E-state index contributed by atoms with van der Waals surface area (Å²) in [5.74, 6) is 0.665. The Morgan fingerprint density at radius 2 is 1.55 bits per heavy atom. The van der Waals surface area contributed by atoms with Crippen LogP contribution in [-0.2, 0) is 13.9 Å². The number of ether oxygens (including phenoxy) is 2. The second-order valence-corrected chi connectivity index (χ2v) is 13.7. The molecule has 2 aromatic carbocycles. The molecule has 3 rings (SSSR count). The lowest BCUT2D eigenvalue weighted by Crippen LogP contribution is -2.67. The first-order valence-corrected chi connectivity index (χ1v) is 12.9. The Bertz CT molecular complexity index is 863. The molecule has 166 valence electrons. The molecule has 31 heavy (non-hydrogen) atoms. The molecule has 1 fully saturated rings. The molecule has 5 heteroatoms. The first-order valence-electron chi connectivity index (χ1n) is 11.0. The van der Waals surface area contributed by atoms with Gasteiger partial charge in [0, 0.05) is 12.5 Å². The maximum Gasteiger partial charge on any atom is 0.513 e. The predicted molar refractivity (Wildman–Crippen MR) is 127 cm³/mol. The predicted octanol–water partition coefficient (Wildman–Crippen LogP) is 5.27. The maximum atomic E-state index is 12.0. The van der Waals surface area contributed by atoms with Gasteiger partial charge >= 0.3 is 6.16 Å². The molecule has 0 aromatic heterocycles. The molecule has 0 unspecified atom stereocenters. The lowest BCUT2D eigenvalue weighted by Gasteiger charge is -2.44. The summed E-state index contributed by atoms with van der Waals surface area (Å²) in [7, 11) is -2.63. The van der Waals surface area contributed by atoms with Crippen LogP contribution in [0.4, 0.5) is 4.79 Å². The van der Waals surface area contributed by atoms with Crippen LogP contribution < -0.4 is 10.4 Å². The topological polar surface area (TPSA) is 44.8 Å². The van der Waals surface area contributed by atoms with E-state index < -0.39 is 14.5 Å². The number of benzene rings is 2. The maximum absolute atomic E-state index is 12.0. The number of carbonyl (C=O) groups is 1. The van der Waals surface area contributed by atoms with Gasteiger partial charge in [-0.1, -0.05) is 95.3 Å². The third-order valence-electron chi connectivity index (χ3n) is 6.20. The standard InChI is InChI=1S/C26H34O4Si/c1-7-23-20(3)24(30-25(27)29-23)19(2)18-28-31(26(4,5)6,21-14-10-8-11-15-21)22-16-12-9-13-17-22/h7-17,19-20,24H,18H2,1-6H3/b23-7-/t19-,20-,24+/m0/s1. The van der Waals surface area contributed by atoms with Gasteiger partial charge < -0.3 is 13.9 Å². The van der Waals surface area contributed by atoms with Crippen molar-refractivity contribution >= 4 is 24.8 Å². The minimum Gasteiger partial charge on any atom is -0.430 e. The average Bonchev–Trinajstić information content (AvgIpc) is 2.76. The Morgan fingerprint density at radius 1 is 1.03 bits per heavy atom. The molecule has 0 saturated carbocycles. The van der Waals surface area contributed by atoms with Crippen LogP contribution in [0.3, 0.4) is 0 Å². The lowest BCUT2D eigenvalue weighted by molar-refractivity contribution is -0.0511. The van der Waals surface area contributed by atoms with E-state index in [4.69, 9.17) is 13.9 Å². The van der Waals surface area contributed by atoms with E-state index in [9.17, 15) is 4.79 Å². The number of carbonyl (C=O) groups excluding carboxylic acids is 1. The van der Waals surface area contributed by atoms with Gasteiger partial charge in [0.15, 0.2) is 0 Å². The number of hydrogen-bond donors (Lipinski definition) is 0. The van der Waals surface area contributed by atoms with Gasteiger partial charge in [0.05, 0.1) is 5.92 Å². The van der Waals surface area contributed by atoms with Crippen molar-refractivity contribution in [1.29, 1.82) is 0 Å². The van der Waals surface area contributed by atoms with E-state index in [1.54, 1.807) is 0 Å². The molecule has 3 atom stereocenters. The van der Waals surface area contributed by atoms with Gasteiger partial charge in [0.2, 0.25) is 0 Å². The second kappa shape index (κ2) is 9.41. The highest BCUT2D eigenvalue weighted by atomic mass is 28.4. The number of hydrogen-bond acceptors (Lipinski definition) is 4. The van der Waals surface area contributed by atoms with Gasteiger partial charge in [-0.3, -0.25) is 0 Å². The highest BCUT2D eigenvalue weighted by Gasteiger charge is 2.50. The van der Waals surface area contributed by atoms with Crippen molar-refractivity contribution in [3.05, 3.63) is 72.5 Å². The first-order chi connectivity index (χ1) is 14.7. The summed E-state index contributed by atoms with van der Waals surface area (Å²) in [5.41, 5.74) is 0. The quantitative estimate of drug-likeness (QED) is 0.455. The van der Waals surface area contributed by atoms with Crippen LogP contribution in [0.5, 0.6) is 0 Å². The van der Waals surface area contributed by atoms with E-state index in [2.05, 4.69) is 76.2 Å². The average molecular weight is 439 g/mol. The molecule has 1 saturated heterocycles. The van der Waals surface area contributed by atoms with Gasteiger partial charge in [0.1, 0.15) is 11.9 Å². The van der Waals surface area contributed by atoms with E-state index in [1.807, 2.05) is 32.1 Å². The summed E-state index contributed by atoms with van der Waals surface area (Å²) in [6.07, 6.45) is 0.924. The summed E-state index contributed by atoms with van der Waals surface area (Å²) < 4.78 is 17.8. The summed E-state index contributed by atoms with van der Waals surface area (Å²) >= 11 is 0. The molecule has 1 heterocycles. The molecule has 4 nitrogen and oxygen atoms in total. The number of allylic oxidation sites excluding steroid dienone is 1. The zero-order valence-corrected chi connectivity index (χ0v) is 20.4. The molecule has 0 N–H and O–H groups in total. The summed E-state index contributed by atoms with van der Waals surface area (Å²) in [6.45, 7) is 13.3. The minimum absolute atomic E-state index is 0.0134. The Balaban J connectivity index is 1.97. The number of rotatable bonds is 6. The van der Waals surface area contributed by atoms with Crippen LogP contribution in [0.25, 0.3) is 0 Å². The molecule has 0 spiro atoms. The molecule has 0 amide bonds. The smallest absolute Gasteiger partial charge is 0.430 e. The van der Waals surface area contributed by atoms with Crippen LogP contribution in [0.2, 0.25) is 5.04 Å². The van der Waals surface area contributed by atoms with Crippen LogP contribution in [0, 0.1) is 11.8 Å². The summed E-state index contributed by atoms with van der Waals surface area (Å²) in [5, 5.41) is 2.39. The minimum atomic E-state index is -2.63. The van der Waals surface area contributed by atoms with E-state index in [-0.39, 0.29) is 23.0 Å². The summed E-state index contributed by atoms with van der Waals surface area (Å²) in [4.78, 5) is 12.0. The first kappa shape index (κ1) is 23.3.